The summed E-state index contributed by atoms with van der Waals surface area (Å²) in [6.45, 7) is 3.25. The van der Waals surface area contributed by atoms with Crippen LogP contribution in [-0.2, 0) is 9.53 Å². The molecule has 1 heterocycles. The summed E-state index contributed by atoms with van der Waals surface area (Å²) in [5.74, 6) is -1.98. The van der Waals surface area contributed by atoms with E-state index in [1.54, 1.807) is 26.0 Å². The first-order chi connectivity index (χ1) is 9.90. The molecule has 1 aliphatic heterocycles. The van der Waals surface area contributed by atoms with Crippen LogP contribution in [0.3, 0.4) is 0 Å². The molecule has 0 saturated heterocycles. The molecule has 1 amide bonds. The number of esters is 1. The summed E-state index contributed by atoms with van der Waals surface area (Å²) in [5.41, 5.74) is -1.83. The zero-order valence-corrected chi connectivity index (χ0v) is 11.7. The number of hydrogen-bond donors (Lipinski definition) is 2. The lowest BCUT2D eigenvalue weighted by Gasteiger charge is -2.28. The monoisotopic (exact) mass is 292 g/mol. The van der Waals surface area contributed by atoms with Gasteiger partial charge < -0.3 is 14.9 Å². The Kier molecular flexibility index (Phi) is 3.95. The van der Waals surface area contributed by atoms with Crippen LogP contribution < -0.4 is 0 Å². The number of aromatic hydroxyl groups is 1. The maximum absolute atomic E-state index is 12.4. The Hall–Kier alpha value is -2.41. The van der Waals surface area contributed by atoms with Gasteiger partial charge in [-0.1, -0.05) is 12.1 Å². The second-order valence-corrected chi connectivity index (χ2v) is 4.68. The molecule has 0 aromatic heterocycles. The second kappa shape index (κ2) is 5.53. The topological polar surface area (TPSA) is 99.4 Å². The van der Waals surface area contributed by atoms with Crippen molar-refractivity contribution in [2.24, 2.45) is 5.10 Å². The number of benzene rings is 1. The van der Waals surface area contributed by atoms with Gasteiger partial charge in [0.15, 0.2) is 0 Å². The van der Waals surface area contributed by atoms with Crippen molar-refractivity contribution in [3.8, 4) is 5.75 Å². The third-order valence-corrected chi connectivity index (χ3v) is 3.05. The zero-order chi connectivity index (χ0) is 15.6. The van der Waals surface area contributed by atoms with Gasteiger partial charge in [0.1, 0.15) is 5.75 Å². The molecule has 7 heteroatoms. The highest BCUT2D eigenvalue weighted by Crippen LogP contribution is 2.30. The highest BCUT2D eigenvalue weighted by atomic mass is 16.6. The number of aliphatic hydroxyl groups is 1. The molecular formula is C14H16N2O5. The van der Waals surface area contributed by atoms with E-state index in [1.165, 1.54) is 12.1 Å². The summed E-state index contributed by atoms with van der Waals surface area (Å²) in [4.78, 5) is 24.4. The number of carbonyl (C=O) groups is 2. The first kappa shape index (κ1) is 15.0. The van der Waals surface area contributed by atoms with E-state index in [0.717, 1.165) is 0 Å². The van der Waals surface area contributed by atoms with Crippen molar-refractivity contribution in [2.75, 3.05) is 6.61 Å². The number of phenolic OH excluding ortho intramolecular Hbond substituents is 1. The van der Waals surface area contributed by atoms with Crippen LogP contribution in [0.5, 0.6) is 5.75 Å². The second-order valence-electron chi connectivity index (χ2n) is 4.68. The molecule has 1 atom stereocenters. The number of rotatable bonds is 3. The molecule has 0 bridgehead atoms. The first-order valence-electron chi connectivity index (χ1n) is 6.46. The van der Waals surface area contributed by atoms with Gasteiger partial charge >= 0.3 is 5.97 Å². The molecule has 1 aliphatic rings. The maximum Gasteiger partial charge on any atom is 0.362 e. The molecule has 0 saturated carbocycles. The number of phenols is 1. The fraction of sp³-hybridized carbons (Fsp3) is 0.357. The van der Waals surface area contributed by atoms with Crippen LogP contribution in [0.25, 0.3) is 0 Å². The van der Waals surface area contributed by atoms with Crippen LogP contribution in [0.15, 0.2) is 29.4 Å². The van der Waals surface area contributed by atoms with Crippen LogP contribution in [0, 0.1) is 0 Å². The summed E-state index contributed by atoms with van der Waals surface area (Å²) in [6, 6.07) is 5.83. The Balaban J connectivity index is 2.38. The Labute approximate surface area is 121 Å². The predicted octanol–water partition coefficient (Wildman–Crippen LogP) is 0.866. The number of ether oxygens (including phenoxy) is 1. The highest BCUT2D eigenvalue weighted by molar-refractivity contribution is 6.03. The largest absolute Gasteiger partial charge is 0.507 e. The molecule has 1 aromatic carbocycles. The minimum Gasteiger partial charge on any atom is -0.507 e. The lowest BCUT2D eigenvalue weighted by atomic mass is 10.1. The molecule has 0 spiro atoms. The van der Waals surface area contributed by atoms with Crippen molar-refractivity contribution >= 4 is 17.6 Å². The summed E-state index contributed by atoms with van der Waals surface area (Å²) >= 11 is 0. The fourth-order valence-electron chi connectivity index (χ4n) is 2.11. The van der Waals surface area contributed by atoms with Gasteiger partial charge in [0, 0.05) is 12.1 Å². The molecule has 112 valence electrons. The van der Waals surface area contributed by atoms with Crippen molar-refractivity contribution < 1.29 is 24.5 Å². The SMILES string of the molecule is CCOC(=O)C1(O)CC(C)=NN1C(=O)c1ccccc1O. The molecule has 2 N–H and O–H groups in total. The van der Waals surface area contributed by atoms with Crippen molar-refractivity contribution in [1.82, 2.24) is 5.01 Å². The average molecular weight is 292 g/mol. The van der Waals surface area contributed by atoms with Gasteiger partial charge in [-0.25, -0.2) is 4.79 Å². The Morgan fingerprint density at radius 1 is 1.43 bits per heavy atom. The highest BCUT2D eigenvalue weighted by Gasteiger charge is 2.51. The van der Waals surface area contributed by atoms with Crippen molar-refractivity contribution in [3.05, 3.63) is 29.8 Å². The minimum atomic E-state index is -2.18. The molecule has 1 aromatic rings. The molecule has 0 radical (unpaired) electrons. The number of hydrogen-bond acceptors (Lipinski definition) is 6. The van der Waals surface area contributed by atoms with Gasteiger partial charge in [0.2, 0.25) is 0 Å². The standard InChI is InChI=1S/C14H16N2O5/c1-3-21-13(19)14(20)8-9(2)15-16(14)12(18)10-6-4-5-7-11(10)17/h4-7,17,20H,3,8H2,1-2H3. The van der Waals surface area contributed by atoms with E-state index in [-0.39, 0.29) is 24.3 Å². The number of hydrazone groups is 1. The van der Waals surface area contributed by atoms with Gasteiger partial charge in [0.05, 0.1) is 12.2 Å². The summed E-state index contributed by atoms with van der Waals surface area (Å²) < 4.78 is 4.81. The normalized spacial score (nSPS) is 21.1. The van der Waals surface area contributed by atoms with E-state index >= 15 is 0 Å². The van der Waals surface area contributed by atoms with Crippen molar-refractivity contribution in [2.45, 2.75) is 26.0 Å². The van der Waals surface area contributed by atoms with Crippen molar-refractivity contribution in [1.29, 1.82) is 0 Å². The fourth-order valence-corrected chi connectivity index (χ4v) is 2.11. The Morgan fingerprint density at radius 3 is 2.71 bits per heavy atom. The number of amides is 1. The molecular weight excluding hydrogens is 276 g/mol. The van der Waals surface area contributed by atoms with Crippen LogP contribution in [-0.4, -0.2) is 45.1 Å². The third-order valence-electron chi connectivity index (χ3n) is 3.05. The number of nitrogens with zero attached hydrogens (tertiary/aromatic N) is 2. The predicted molar refractivity (Wildman–Crippen MR) is 73.6 cm³/mol. The van der Waals surface area contributed by atoms with Crippen LogP contribution in [0.2, 0.25) is 0 Å². The van der Waals surface area contributed by atoms with Gasteiger partial charge in [-0.2, -0.15) is 10.1 Å². The van der Waals surface area contributed by atoms with Crippen LogP contribution in [0.4, 0.5) is 0 Å². The van der Waals surface area contributed by atoms with E-state index < -0.39 is 17.6 Å². The van der Waals surface area contributed by atoms with Gasteiger partial charge in [0.25, 0.3) is 11.6 Å². The number of carbonyl (C=O) groups excluding carboxylic acids is 2. The van der Waals surface area contributed by atoms with Gasteiger partial charge in [-0.3, -0.25) is 4.79 Å². The Bertz CT molecular complexity index is 613. The molecule has 21 heavy (non-hydrogen) atoms. The van der Waals surface area contributed by atoms with Gasteiger partial charge in [-0.05, 0) is 26.0 Å². The summed E-state index contributed by atoms with van der Waals surface area (Å²) in [7, 11) is 0. The van der Waals surface area contributed by atoms with E-state index in [4.69, 9.17) is 4.74 Å². The van der Waals surface area contributed by atoms with Crippen molar-refractivity contribution in [3.63, 3.8) is 0 Å². The quantitative estimate of drug-likeness (QED) is 0.805. The first-order valence-corrected chi connectivity index (χ1v) is 6.46. The maximum atomic E-state index is 12.4. The smallest absolute Gasteiger partial charge is 0.362 e. The lowest BCUT2D eigenvalue weighted by Crippen LogP contribution is -2.53. The van der Waals surface area contributed by atoms with Crippen LogP contribution >= 0.6 is 0 Å². The van der Waals surface area contributed by atoms with Crippen LogP contribution in [0.1, 0.15) is 30.6 Å². The molecule has 2 rings (SSSR count). The van der Waals surface area contributed by atoms with Gasteiger partial charge in [-0.15, -0.1) is 0 Å². The van der Waals surface area contributed by atoms with E-state index in [9.17, 15) is 19.8 Å². The third kappa shape index (κ3) is 2.59. The molecule has 1 unspecified atom stereocenters. The minimum absolute atomic E-state index is 0.0568. The van der Waals surface area contributed by atoms with E-state index in [2.05, 4.69) is 5.10 Å². The molecule has 0 fully saturated rings. The van der Waals surface area contributed by atoms with E-state index in [1.807, 2.05) is 0 Å². The summed E-state index contributed by atoms with van der Waals surface area (Å²) in [5, 5.41) is 24.8. The number of para-hydroxylation sites is 1. The summed E-state index contributed by atoms with van der Waals surface area (Å²) in [6.07, 6.45) is -0.134. The molecule has 7 nitrogen and oxygen atoms in total. The lowest BCUT2D eigenvalue weighted by molar-refractivity contribution is -0.179. The average Bonchev–Trinajstić information content (AvgIpc) is 2.75. The Morgan fingerprint density at radius 2 is 2.10 bits per heavy atom. The molecule has 0 aliphatic carbocycles. The van der Waals surface area contributed by atoms with E-state index in [0.29, 0.717) is 10.7 Å². The zero-order valence-electron chi connectivity index (χ0n) is 11.7.